The Balaban J connectivity index is 1.13. The molecule has 42 heavy (non-hydrogen) atoms. The topological polar surface area (TPSA) is 119 Å². The van der Waals surface area contributed by atoms with Gasteiger partial charge in [0.05, 0.1) is 23.9 Å². The number of ether oxygens (including phenoxy) is 1. The molecular weight excluding hydrogens is 581 g/mol. The van der Waals surface area contributed by atoms with Crippen molar-refractivity contribution in [2.24, 2.45) is 11.8 Å². The van der Waals surface area contributed by atoms with Gasteiger partial charge in [-0.25, -0.2) is 0 Å². The zero-order valence-corrected chi connectivity index (χ0v) is 24.2. The number of nitro groups is 1. The van der Waals surface area contributed by atoms with Crippen LogP contribution in [0.25, 0.3) is 0 Å². The Bertz CT molecular complexity index is 1520. The van der Waals surface area contributed by atoms with Gasteiger partial charge in [0.2, 0.25) is 17.7 Å². The normalized spacial score (nSPS) is 25.1. The van der Waals surface area contributed by atoms with Crippen molar-refractivity contribution in [2.45, 2.75) is 35.4 Å². The fourth-order valence-corrected chi connectivity index (χ4v) is 7.89. The van der Waals surface area contributed by atoms with Crippen molar-refractivity contribution >= 4 is 52.3 Å². The van der Waals surface area contributed by atoms with E-state index in [2.05, 4.69) is 5.32 Å². The van der Waals surface area contributed by atoms with Crippen LogP contribution >= 0.6 is 23.2 Å². The molecule has 11 heteroatoms. The second kappa shape index (κ2) is 10.4. The molecule has 1 N–H and O–H groups in total. The number of amides is 3. The van der Waals surface area contributed by atoms with Gasteiger partial charge in [-0.1, -0.05) is 55.0 Å². The summed E-state index contributed by atoms with van der Waals surface area (Å²) < 4.78 is 5.10. The molecule has 2 bridgehead atoms. The number of likely N-dealkylation sites (tertiary alicyclic amines) is 1. The number of unbranched alkanes of at least 4 members (excludes halogenated alkanes) is 2. The van der Waals surface area contributed by atoms with Crippen molar-refractivity contribution < 1.29 is 24.0 Å². The molecule has 3 aromatic carbocycles. The molecule has 2 atom stereocenters. The number of hydrogen-bond acceptors (Lipinski definition) is 6. The van der Waals surface area contributed by atoms with Crippen LogP contribution in [0.4, 0.5) is 11.4 Å². The summed E-state index contributed by atoms with van der Waals surface area (Å²) in [4.78, 5) is 49.8. The van der Waals surface area contributed by atoms with E-state index in [1.165, 1.54) is 30.2 Å². The third-order valence-corrected chi connectivity index (χ3v) is 9.92. The lowest BCUT2D eigenvalue weighted by Gasteiger charge is -2.54. The van der Waals surface area contributed by atoms with E-state index in [-0.39, 0.29) is 42.1 Å². The highest BCUT2D eigenvalue weighted by molar-refractivity contribution is 6.36. The highest BCUT2D eigenvalue weighted by atomic mass is 35.5. The molecule has 1 fully saturated rings. The molecule has 0 aromatic heterocycles. The van der Waals surface area contributed by atoms with E-state index in [1.54, 1.807) is 0 Å². The van der Waals surface area contributed by atoms with Gasteiger partial charge in [-0.3, -0.25) is 29.4 Å². The lowest BCUT2D eigenvalue weighted by molar-refractivity contribution is -0.383. The number of nitro benzene ring substituents is 1. The number of benzene rings is 3. The maximum absolute atomic E-state index is 13.9. The van der Waals surface area contributed by atoms with Gasteiger partial charge < -0.3 is 10.1 Å². The van der Waals surface area contributed by atoms with E-state index >= 15 is 0 Å². The average Bonchev–Trinajstić information content (AvgIpc) is 3.25. The number of carbonyl (C=O) groups is 3. The molecule has 4 aliphatic rings. The first-order chi connectivity index (χ1) is 20.1. The molecule has 3 aliphatic carbocycles. The van der Waals surface area contributed by atoms with E-state index in [0.717, 1.165) is 22.3 Å². The molecule has 3 aromatic rings. The molecule has 1 heterocycles. The van der Waals surface area contributed by atoms with Crippen LogP contribution in [-0.2, 0) is 24.1 Å². The van der Waals surface area contributed by atoms with Gasteiger partial charge in [0.25, 0.3) is 5.69 Å². The molecule has 0 radical (unpaired) electrons. The van der Waals surface area contributed by atoms with Gasteiger partial charge in [0.15, 0.2) is 0 Å². The Kier molecular flexibility index (Phi) is 6.98. The predicted octanol–water partition coefficient (Wildman–Crippen LogP) is 5.70. The third-order valence-electron chi connectivity index (χ3n) is 8.64. The van der Waals surface area contributed by atoms with Gasteiger partial charge in [0.1, 0.15) is 21.2 Å². The highest BCUT2D eigenvalue weighted by Crippen LogP contribution is 2.69. The Morgan fingerprint density at radius 2 is 1.43 bits per heavy atom. The van der Waals surface area contributed by atoms with Crippen LogP contribution in [0.5, 0.6) is 5.75 Å². The van der Waals surface area contributed by atoms with Gasteiger partial charge in [-0.15, -0.1) is 23.2 Å². The summed E-state index contributed by atoms with van der Waals surface area (Å²) in [5.41, 5.74) is 2.85. The minimum atomic E-state index is -1.21. The molecule has 7 rings (SSSR count). The van der Waals surface area contributed by atoms with E-state index in [1.807, 2.05) is 48.5 Å². The van der Waals surface area contributed by atoms with Gasteiger partial charge >= 0.3 is 0 Å². The van der Waals surface area contributed by atoms with Crippen LogP contribution in [0.15, 0.2) is 66.7 Å². The minimum Gasteiger partial charge on any atom is -0.497 e. The summed E-state index contributed by atoms with van der Waals surface area (Å²) in [6.07, 6.45) is 1.61. The summed E-state index contributed by atoms with van der Waals surface area (Å²) in [7, 11) is 1.43. The lowest BCUT2D eigenvalue weighted by Crippen LogP contribution is -2.57. The minimum absolute atomic E-state index is 0.0573. The Morgan fingerprint density at radius 3 is 1.90 bits per heavy atom. The van der Waals surface area contributed by atoms with E-state index in [0.29, 0.717) is 25.0 Å². The van der Waals surface area contributed by atoms with Crippen molar-refractivity contribution in [3.05, 3.63) is 99.1 Å². The fraction of sp³-hybridized carbons (Fsp3) is 0.323. The van der Waals surface area contributed by atoms with Crippen molar-refractivity contribution in [3.8, 4) is 5.75 Å². The zero-order chi connectivity index (χ0) is 29.8. The number of rotatable bonds is 9. The molecule has 0 saturated carbocycles. The van der Waals surface area contributed by atoms with E-state index < -0.39 is 26.5 Å². The maximum Gasteiger partial charge on any atom is 0.293 e. The zero-order valence-electron chi connectivity index (χ0n) is 22.6. The molecule has 1 aliphatic heterocycles. The fourth-order valence-electron chi connectivity index (χ4n) is 6.79. The van der Waals surface area contributed by atoms with Crippen molar-refractivity contribution in [2.75, 3.05) is 19.0 Å². The van der Waals surface area contributed by atoms with Crippen molar-refractivity contribution in [3.63, 3.8) is 0 Å². The SMILES string of the molecule is COc1ccc([N+](=O)[O-])c(NC(=O)CCCCCN2C(=O)[C@H]3[C@H](C2=O)C2(Cl)c4ccccc4C3(Cl)c3ccccc32)c1. The molecule has 1 saturated heterocycles. The lowest BCUT2D eigenvalue weighted by atomic mass is 9.54. The number of alkyl halides is 2. The van der Waals surface area contributed by atoms with Crippen LogP contribution in [0, 0.1) is 22.0 Å². The summed E-state index contributed by atoms with van der Waals surface area (Å²) in [5, 5.41) is 13.9. The number of hydrogen-bond donors (Lipinski definition) is 1. The van der Waals surface area contributed by atoms with E-state index in [4.69, 9.17) is 27.9 Å². The number of nitrogens with zero attached hydrogens (tertiary/aromatic N) is 2. The van der Waals surface area contributed by atoms with Gasteiger partial charge in [0, 0.05) is 25.1 Å². The van der Waals surface area contributed by atoms with Crippen LogP contribution < -0.4 is 10.1 Å². The van der Waals surface area contributed by atoms with Crippen LogP contribution in [0.3, 0.4) is 0 Å². The van der Waals surface area contributed by atoms with E-state index in [9.17, 15) is 24.5 Å². The Labute approximate surface area is 251 Å². The smallest absolute Gasteiger partial charge is 0.293 e. The first-order valence-corrected chi connectivity index (χ1v) is 14.4. The number of nitrogens with one attached hydrogen (secondary N) is 1. The van der Waals surface area contributed by atoms with Crippen LogP contribution in [0.2, 0.25) is 0 Å². The summed E-state index contributed by atoms with van der Waals surface area (Å²) in [5.74, 6) is -2.34. The van der Waals surface area contributed by atoms with Gasteiger partial charge in [-0.05, 0) is 41.2 Å². The van der Waals surface area contributed by atoms with Gasteiger partial charge in [-0.2, -0.15) is 0 Å². The van der Waals surface area contributed by atoms with Crippen LogP contribution in [-0.4, -0.2) is 41.2 Å². The Morgan fingerprint density at radius 1 is 0.905 bits per heavy atom. The number of anilines is 1. The molecule has 0 unspecified atom stereocenters. The second-order valence-corrected chi connectivity index (χ2v) is 12.0. The summed E-state index contributed by atoms with van der Waals surface area (Å²) >= 11 is 14.9. The Hall–Kier alpha value is -3.95. The summed E-state index contributed by atoms with van der Waals surface area (Å²) in [6, 6.07) is 19.1. The molecule has 0 spiro atoms. The number of carbonyl (C=O) groups excluding carboxylic acids is 3. The molecule has 216 valence electrons. The highest BCUT2D eigenvalue weighted by Gasteiger charge is 2.72. The number of halogens is 2. The average molecular weight is 608 g/mol. The predicted molar refractivity (Wildman–Crippen MR) is 157 cm³/mol. The monoisotopic (exact) mass is 607 g/mol. The second-order valence-electron chi connectivity index (χ2n) is 10.8. The molecular formula is C31H27Cl2N3O6. The quantitative estimate of drug-likeness (QED) is 0.110. The van der Waals surface area contributed by atoms with Crippen molar-refractivity contribution in [1.82, 2.24) is 4.90 Å². The first-order valence-electron chi connectivity index (χ1n) is 13.7. The summed E-state index contributed by atoms with van der Waals surface area (Å²) in [6.45, 7) is 0.181. The maximum atomic E-state index is 13.9. The standard InChI is InChI=1S/C31H27Cl2N3O6/c1-42-18-14-15-24(36(40)41)23(17-18)34-25(37)13-3-2-8-16-35-28(38)26-27(29(35)39)31(33)20-10-5-4-9-19(20)30(26,32)21-11-6-7-12-22(21)31/h4-7,9-12,14-15,17,26-27H,2-3,8,13,16H2,1H3,(H,34,37)/t26-,27-,30?,31?/m1/s1. The number of methoxy groups -OCH3 is 1. The van der Waals surface area contributed by atoms with Crippen LogP contribution in [0.1, 0.15) is 47.9 Å². The first kappa shape index (κ1) is 28.2. The molecule has 9 nitrogen and oxygen atoms in total. The third kappa shape index (κ3) is 4.01. The number of imide groups is 1. The molecule has 3 amide bonds. The largest absolute Gasteiger partial charge is 0.497 e. The van der Waals surface area contributed by atoms with Crippen molar-refractivity contribution in [1.29, 1.82) is 0 Å².